The van der Waals surface area contributed by atoms with Crippen LogP contribution < -0.4 is 5.32 Å². The van der Waals surface area contributed by atoms with Crippen molar-refractivity contribution in [3.63, 3.8) is 0 Å². The number of benzene rings is 1. The summed E-state index contributed by atoms with van der Waals surface area (Å²) in [7, 11) is 0. The summed E-state index contributed by atoms with van der Waals surface area (Å²) in [5, 5.41) is 14.2. The molecular weight excluding hydrogens is 397 g/mol. The Bertz CT molecular complexity index is 1070. The van der Waals surface area contributed by atoms with Gasteiger partial charge in [0.05, 0.1) is 18.7 Å². The van der Waals surface area contributed by atoms with E-state index >= 15 is 0 Å². The number of anilines is 1. The zero-order valence-electron chi connectivity index (χ0n) is 17.3. The van der Waals surface area contributed by atoms with Crippen molar-refractivity contribution in [1.82, 2.24) is 19.9 Å². The molecule has 3 heterocycles. The second kappa shape index (κ2) is 8.72. The Hall–Kier alpha value is -2.84. The molecule has 1 saturated carbocycles. The summed E-state index contributed by atoms with van der Waals surface area (Å²) in [6, 6.07) is 8.16. The number of fused-ring (bicyclic) bond motifs is 1. The second-order valence-corrected chi connectivity index (χ2v) is 8.29. The van der Waals surface area contributed by atoms with Gasteiger partial charge >= 0.3 is 0 Å². The Labute approximate surface area is 180 Å². The average molecular weight is 423 g/mol. The predicted molar refractivity (Wildman–Crippen MR) is 116 cm³/mol. The van der Waals surface area contributed by atoms with Gasteiger partial charge in [0.1, 0.15) is 12.1 Å². The summed E-state index contributed by atoms with van der Waals surface area (Å²) in [6.07, 6.45) is 7.54. The van der Waals surface area contributed by atoms with Gasteiger partial charge in [-0.2, -0.15) is 4.39 Å². The maximum Gasteiger partial charge on any atom is 0.255 e. The van der Waals surface area contributed by atoms with Gasteiger partial charge in [0.2, 0.25) is 0 Å². The highest BCUT2D eigenvalue weighted by Crippen LogP contribution is 2.31. The zero-order valence-corrected chi connectivity index (χ0v) is 17.3. The first-order valence-corrected chi connectivity index (χ1v) is 10.9. The van der Waals surface area contributed by atoms with Crippen LogP contribution in [0.15, 0.2) is 36.8 Å². The molecule has 3 aromatic rings. The number of pyridine rings is 1. The van der Waals surface area contributed by atoms with Crippen LogP contribution in [0.5, 0.6) is 5.75 Å². The third-order valence-corrected chi connectivity index (χ3v) is 6.39. The number of nitrogens with zero attached hydrogens (tertiary/aromatic N) is 4. The van der Waals surface area contributed by atoms with E-state index in [2.05, 4.69) is 25.2 Å². The number of nitrogens with one attached hydrogen (secondary N) is 1. The average Bonchev–Trinajstić information content (AvgIpc) is 2.82. The summed E-state index contributed by atoms with van der Waals surface area (Å²) in [6.45, 7) is 3.76. The van der Waals surface area contributed by atoms with Crippen molar-refractivity contribution in [1.29, 1.82) is 0 Å². The highest BCUT2D eigenvalue weighted by molar-refractivity contribution is 5.92. The molecule has 0 atom stereocenters. The lowest BCUT2D eigenvalue weighted by molar-refractivity contribution is 0.00791. The Kier molecular flexibility index (Phi) is 5.65. The van der Waals surface area contributed by atoms with Gasteiger partial charge in [-0.15, -0.1) is 0 Å². The molecule has 0 spiro atoms. The van der Waals surface area contributed by atoms with E-state index in [-0.39, 0.29) is 0 Å². The van der Waals surface area contributed by atoms with E-state index in [9.17, 15) is 9.50 Å². The standard InChI is InChI=1S/C23H26FN5O2/c24-22-21(30)12-16(13-25-22)15-1-6-20-19(11-15)23(27-14-26-20)28-17-2-4-18(5-3-17)29-7-9-31-10-8-29/h1,6,11-14,17-18,30H,2-5,7-10H2,(H,26,27,28)/t17-,18-. The SMILES string of the molecule is Oc1cc(-c2ccc3ncnc(N[C@H]4CC[C@H](N5CCOCC5)CC4)c3c2)cnc1F. The quantitative estimate of drug-likeness (QED) is 0.621. The van der Waals surface area contributed by atoms with Crippen molar-refractivity contribution >= 4 is 16.7 Å². The van der Waals surface area contributed by atoms with Crippen LogP contribution in [0.4, 0.5) is 10.2 Å². The van der Waals surface area contributed by atoms with Crippen LogP contribution in [0.25, 0.3) is 22.0 Å². The number of halogens is 1. The molecule has 31 heavy (non-hydrogen) atoms. The fourth-order valence-electron chi connectivity index (χ4n) is 4.67. The van der Waals surface area contributed by atoms with Gasteiger partial charge in [-0.3, -0.25) is 4.90 Å². The molecule has 1 saturated heterocycles. The fourth-order valence-corrected chi connectivity index (χ4v) is 4.67. The van der Waals surface area contributed by atoms with Crippen LogP contribution in [0.2, 0.25) is 0 Å². The first-order chi connectivity index (χ1) is 15.2. The third-order valence-electron chi connectivity index (χ3n) is 6.39. The van der Waals surface area contributed by atoms with Crippen molar-refractivity contribution in [2.45, 2.75) is 37.8 Å². The summed E-state index contributed by atoms with van der Waals surface area (Å²) in [4.78, 5) is 15.1. The number of aromatic hydroxyl groups is 1. The Balaban J connectivity index is 1.33. The van der Waals surface area contributed by atoms with Gasteiger partial charge in [0, 0.05) is 42.3 Å². The van der Waals surface area contributed by atoms with Crippen molar-refractivity contribution in [3.8, 4) is 16.9 Å². The highest BCUT2D eigenvalue weighted by Gasteiger charge is 2.27. The van der Waals surface area contributed by atoms with Gasteiger partial charge < -0.3 is 15.2 Å². The first-order valence-electron chi connectivity index (χ1n) is 10.9. The van der Waals surface area contributed by atoms with E-state index in [4.69, 9.17) is 4.74 Å². The van der Waals surface area contributed by atoms with Crippen LogP contribution in [-0.4, -0.2) is 63.3 Å². The van der Waals surface area contributed by atoms with E-state index in [1.807, 2.05) is 18.2 Å². The van der Waals surface area contributed by atoms with Crippen LogP contribution in [-0.2, 0) is 4.74 Å². The molecule has 5 rings (SSSR count). The summed E-state index contributed by atoms with van der Waals surface area (Å²) < 4.78 is 18.8. The summed E-state index contributed by atoms with van der Waals surface area (Å²) >= 11 is 0. The van der Waals surface area contributed by atoms with Gasteiger partial charge in [0.25, 0.3) is 5.95 Å². The molecule has 0 amide bonds. The molecule has 1 aliphatic carbocycles. The fraction of sp³-hybridized carbons (Fsp3) is 0.435. The number of morpholine rings is 1. The summed E-state index contributed by atoms with van der Waals surface area (Å²) in [5.74, 6) is -0.527. The first kappa shape index (κ1) is 20.1. The minimum absolute atomic E-state index is 0.371. The number of hydrogen-bond donors (Lipinski definition) is 2. The van der Waals surface area contributed by atoms with Crippen molar-refractivity contribution in [2.75, 3.05) is 31.6 Å². The highest BCUT2D eigenvalue weighted by atomic mass is 19.1. The molecule has 2 N–H and O–H groups in total. The van der Waals surface area contributed by atoms with E-state index < -0.39 is 11.7 Å². The van der Waals surface area contributed by atoms with Crippen molar-refractivity contribution < 1.29 is 14.2 Å². The monoisotopic (exact) mass is 423 g/mol. The van der Waals surface area contributed by atoms with E-state index in [1.54, 1.807) is 6.33 Å². The zero-order chi connectivity index (χ0) is 21.2. The Morgan fingerprint density at radius 1 is 1.00 bits per heavy atom. The van der Waals surface area contributed by atoms with Crippen molar-refractivity contribution in [2.24, 2.45) is 0 Å². The number of hydrogen-bond acceptors (Lipinski definition) is 7. The lowest BCUT2D eigenvalue weighted by atomic mass is 9.90. The molecule has 1 aliphatic heterocycles. The molecule has 0 radical (unpaired) electrons. The second-order valence-electron chi connectivity index (χ2n) is 8.29. The number of rotatable bonds is 4. The maximum absolute atomic E-state index is 13.3. The normalized spacial score (nSPS) is 22.5. The van der Waals surface area contributed by atoms with Gasteiger partial charge in [0.15, 0.2) is 5.75 Å². The number of aromatic nitrogens is 3. The van der Waals surface area contributed by atoms with Gasteiger partial charge in [-0.25, -0.2) is 15.0 Å². The molecule has 8 heteroatoms. The lowest BCUT2D eigenvalue weighted by Gasteiger charge is -2.39. The molecular formula is C23H26FN5O2. The number of ether oxygens (including phenoxy) is 1. The molecule has 2 fully saturated rings. The Morgan fingerprint density at radius 3 is 2.58 bits per heavy atom. The molecule has 2 aliphatic rings. The lowest BCUT2D eigenvalue weighted by Crippen LogP contribution is -2.46. The van der Waals surface area contributed by atoms with Gasteiger partial charge in [-0.05, 0) is 49.4 Å². The molecule has 7 nitrogen and oxygen atoms in total. The summed E-state index contributed by atoms with van der Waals surface area (Å²) in [5.41, 5.74) is 2.30. The molecule has 0 unspecified atom stereocenters. The minimum atomic E-state index is -0.872. The van der Waals surface area contributed by atoms with Crippen LogP contribution >= 0.6 is 0 Å². The smallest absolute Gasteiger partial charge is 0.255 e. The minimum Gasteiger partial charge on any atom is -0.504 e. The van der Waals surface area contributed by atoms with Crippen LogP contribution in [0.3, 0.4) is 0 Å². The largest absolute Gasteiger partial charge is 0.504 e. The molecule has 2 aromatic heterocycles. The van der Waals surface area contributed by atoms with Crippen LogP contribution in [0, 0.1) is 5.95 Å². The third kappa shape index (κ3) is 4.31. The molecule has 162 valence electrons. The maximum atomic E-state index is 13.3. The van der Waals surface area contributed by atoms with Crippen molar-refractivity contribution in [3.05, 3.63) is 42.7 Å². The van der Waals surface area contributed by atoms with E-state index in [0.29, 0.717) is 17.6 Å². The van der Waals surface area contributed by atoms with E-state index in [1.165, 1.54) is 25.1 Å². The predicted octanol–water partition coefficient (Wildman–Crippen LogP) is 3.59. The molecule has 1 aromatic carbocycles. The Morgan fingerprint density at radius 2 is 1.81 bits per heavy atom. The molecule has 0 bridgehead atoms. The van der Waals surface area contributed by atoms with E-state index in [0.717, 1.165) is 61.4 Å². The van der Waals surface area contributed by atoms with Gasteiger partial charge in [-0.1, -0.05) is 6.07 Å². The van der Waals surface area contributed by atoms with Crippen LogP contribution in [0.1, 0.15) is 25.7 Å². The topological polar surface area (TPSA) is 83.4 Å².